The molecule has 1 saturated carbocycles. The molecule has 1 heterocycles. The van der Waals surface area contributed by atoms with Crippen molar-refractivity contribution in [1.29, 1.82) is 0 Å². The third-order valence-corrected chi connectivity index (χ3v) is 3.61. The minimum absolute atomic E-state index is 0.154. The fourth-order valence-electron chi connectivity index (χ4n) is 1.58. The summed E-state index contributed by atoms with van der Waals surface area (Å²) in [5.74, 6) is -0.169. The Hall–Kier alpha value is -1.10. The van der Waals surface area contributed by atoms with Gasteiger partial charge in [-0.05, 0) is 32.6 Å². The number of anilines is 1. The predicted octanol–water partition coefficient (Wildman–Crippen LogP) is 2.47. The number of carboxylic acid groups (broad SMARTS) is 1. The molecule has 88 valence electrons. The van der Waals surface area contributed by atoms with Crippen LogP contribution >= 0.6 is 11.3 Å². The minimum atomic E-state index is -0.947. The zero-order valence-electron chi connectivity index (χ0n) is 9.51. The van der Waals surface area contributed by atoms with Gasteiger partial charge in [0.1, 0.15) is 0 Å². The Morgan fingerprint density at radius 1 is 1.69 bits per heavy atom. The number of nitrogens with zero attached hydrogens (tertiary/aromatic N) is 2. The van der Waals surface area contributed by atoms with Crippen LogP contribution in [0, 0.1) is 5.92 Å². The molecule has 0 unspecified atom stereocenters. The van der Waals surface area contributed by atoms with E-state index in [1.165, 1.54) is 24.2 Å². The summed E-state index contributed by atoms with van der Waals surface area (Å²) in [6, 6.07) is 0.369. The van der Waals surface area contributed by atoms with Crippen LogP contribution < -0.4 is 4.90 Å². The number of thiazole rings is 1. The van der Waals surface area contributed by atoms with Crippen molar-refractivity contribution in [1.82, 2.24) is 4.98 Å². The van der Waals surface area contributed by atoms with Gasteiger partial charge in [-0.2, -0.15) is 0 Å². The van der Waals surface area contributed by atoms with E-state index in [9.17, 15) is 4.79 Å². The largest absolute Gasteiger partial charge is 0.476 e. The van der Waals surface area contributed by atoms with Crippen LogP contribution in [0.3, 0.4) is 0 Å². The topological polar surface area (TPSA) is 53.4 Å². The molecule has 1 aliphatic carbocycles. The Kier molecular flexibility index (Phi) is 3.14. The van der Waals surface area contributed by atoms with Gasteiger partial charge in [0.15, 0.2) is 10.8 Å². The smallest absolute Gasteiger partial charge is 0.355 e. The predicted molar refractivity (Wildman–Crippen MR) is 64.3 cm³/mol. The van der Waals surface area contributed by atoms with Crippen molar-refractivity contribution in [2.45, 2.75) is 32.7 Å². The number of rotatable bonds is 5. The molecule has 0 aliphatic heterocycles. The van der Waals surface area contributed by atoms with Crippen molar-refractivity contribution < 1.29 is 9.90 Å². The first-order valence-corrected chi connectivity index (χ1v) is 6.41. The molecule has 1 aromatic heterocycles. The lowest BCUT2D eigenvalue weighted by atomic mass is 10.3. The van der Waals surface area contributed by atoms with Gasteiger partial charge in [-0.25, -0.2) is 9.78 Å². The fraction of sp³-hybridized carbons (Fsp3) is 0.636. The lowest BCUT2D eigenvalue weighted by Crippen LogP contribution is -2.32. The summed E-state index contributed by atoms with van der Waals surface area (Å²) in [7, 11) is 0. The first-order chi connectivity index (χ1) is 7.58. The number of carboxylic acids is 1. The van der Waals surface area contributed by atoms with Crippen molar-refractivity contribution in [3.63, 3.8) is 0 Å². The van der Waals surface area contributed by atoms with Gasteiger partial charge in [0, 0.05) is 18.0 Å². The molecule has 4 nitrogen and oxygen atoms in total. The number of aromatic nitrogens is 1. The normalized spacial score (nSPS) is 15.4. The summed E-state index contributed by atoms with van der Waals surface area (Å²) >= 11 is 1.42. The van der Waals surface area contributed by atoms with Gasteiger partial charge >= 0.3 is 5.97 Å². The molecular weight excluding hydrogens is 224 g/mol. The van der Waals surface area contributed by atoms with Crippen LogP contribution in [0.4, 0.5) is 5.13 Å². The van der Waals surface area contributed by atoms with E-state index in [0.29, 0.717) is 6.04 Å². The van der Waals surface area contributed by atoms with Gasteiger partial charge in [-0.15, -0.1) is 11.3 Å². The molecule has 1 N–H and O–H groups in total. The molecular formula is C11H16N2O2S. The summed E-state index contributed by atoms with van der Waals surface area (Å²) in [5, 5.41) is 11.3. The third-order valence-electron chi connectivity index (χ3n) is 2.73. The first-order valence-electron chi connectivity index (χ1n) is 5.53. The first kappa shape index (κ1) is 11.4. The lowest BCUT2D eigenvalue weighted by molar-refractivity contribution is 0.0691. The highest BCUT2D eigenvalue weighted by molar-refractivity contribution is 7.13. The highest BCUT2D eigenvalue weighted by atomic mass is 32.1. The van der Waals surface area contributed by atoms with E-state index < -0.39 is 5.97 Å². The molecule has 16 heavy (non-hydrogen) atoms. The molecule has 2 rings (SSSR count). The van der Waals surface area contributed by atoms with Gasteiger partial charge in [-0.3, -0.25) is 0 Å². The molecule has 1 fully saturated rings. The van der Waals surface area contributed by atoms with Crippen LogP contribution in [-0.4, -0.2) is 28.6 Å². The van der Waals surface area contributed by atoms with Crippen LogP contribution in [0.1, 0.15) is 37.2 Å². The minimum Gasteiger partial charge on any atom is -0.476 e. The van der Waals surface area contributed by atoms with Crippen LogP contribution in [-0.2, 0) is 0 Å². The van der Waals surface area contributed by atoms with E-state index in [2.05, 4.69) is 23.7 Å². The number of hydrogen-bond acceptors (Lipinski definition) is 4. The molecule has 0 saturated heterocycles. The van der Waals surface area contributed by atoms with Gasteiger partial charge < -0.3 is 10.0 Å². The maximum atomic E-state index is 10.8. The lowest BCUT2D eigenvalue weighted by Gasteiger charge is -2.25. The van der Waals surface area contributed by atoms with Gasteiger partial charge in [0.2, 0.25) is 0 Å². The Morgan fingerprint density at radius 2 is 2.38 bits per heavy atom. The Morgan fingerprint density at radius 3 is 2.81 bits per heavy atom. The van der Waals surface area contributed by atoms with E-state index in [-0.39, 0.29) is 5.69 Å². The van der Waals surface area contributed by atoms with Crippen LogP contribution in [0.15, 0.2) is 5.38 Å². The van der Waals surface area contributed by atoms with Crippen molar-refractivity contribution in [3.05, 3.63) is 11.1 Å². The molecule has 0 radical (unpaired) electrons. The Bertz CT molecular complexity index is 385. The van der Waals surface area contributed by atoms with Crippen LogP contribution in [0.2, 0.25) is 0 Å². The third kappa shape index (κ3) is 2.52. The summed E-state index contributed by atoms with van der Waals surface area (Å²) in [4.78, 5) is 17.1. The van der Waals surface area contributed by atoms with E-state index in [4.69, 9.17) is 5.11 Å². The van der Waals surface area contributed by atoms with Gasteiger partial charge in [-0.1, -0.05) is 0 Å². The van der Waals surface area contributed by atoms with Gasteiger partial charge in [0.25, 0.3) is 0 Å². The van der Waals surface area contributed by atoms with E-state index in [1.807, 2.05) is 0 Å². The zero-order chi connectivity index (χ0) is 11.7. The van der Waals surface area contributed by atoms with Crippen molar-refractivity contribution in [2.24, 2.45) is 5.92 Å². The second kappa shape index (κ2) is 4.41. The molecule has 1 aliphatic rings. The molecule has 0 aromatic carbocycles. The van der Waals surface area contributed by atoms with Gasteiger partial charge in [0.05, 0.1) is 0 Å². The summed E-state index contributed by atoms with van der Waals surface area (Å²) in [6.45, 7) is 5.23. The maximum Gasteiger partial charge on any atom is 0.355 e. The maximum absolute atomic E-state index is 10.8. The fourth-order valence-corrected chi connectivity index (χ4v) is 2.53. The quantitative estimate of drug-likeness (QED) is 0.859. The highest BCUT2D eigenvalue weighted by Gasteiger charge is 2.27. The highest BCUT2D eigenvalue weighted by Crippen LogP contribution is 2.33. The van der Waals surface area contributed by atoms with E-state index in [1.54, 1.807) is 5.38 Å². The number of hydrogen-bond donors (Lipinski definition) is 1. The van der Waals surface area contributed by atoms with Crippen molar-refractivity contribution >= 4 is 22.4 Å². The van der Waals surface area contributed by atoms with Crippen molar-refractivity contribution in [2.75, 3.05) is 11.4 Å². The second-order valence-electron chi connectivity index (χ2n) is 4.51. The Balaban J connectivity index is 2.13. The summed E-state index contributed by atoms with van der Waals surface area (Å²) < 4.78 is 0. The molecule has 0 amide bonds. The summed E-state index contributed by atoms with van der Waals surface area (Å²) in [5.41, 5.74) is 0.154. The zero-order valence-corrected chi connectivity index (χ0v) is 10.3. The molecule has 5 heteroatoms. The molecule has 0 spiro atoms. The molecule has 0 atom stereocenters. The van der Waals surface area contributed by atoms with E-state index in [0.717, 1.165) is 17.6 Å². The number of aromatic carboxylic acids is 1. The average molecular weight is 240 g/mol. The number of carbonyl (C=O) groups is 1. The Labute approximate surface area is 98.9 Å². The summed E-state index contributed by atoms with van der Waals surface area (Å²) in [6.07, 6.45) is 2.58. The SMILES string of the molecule is CC(C)N(CC1CC1)c1nc(C(=O)O)cs1. The molecule has 0 bridgehead atoms. The van der Waals surface area contributed by atoms with Crippen LogP contribution in [0.25, 0.3) is 0 Å². The van der Waals surface area contributed by atoms with Crippen LogP contribution in [0.5, 0.6) is 0 Å². The monoisotopic (exact) mass is 240 g/mol. The average Bonchev–Trinajstić information content (AvgIpc) is 2.89. The standard InChI is InChI=1S/C11H16N2O2S/c1-7(2)13(5-8-3-4-8)11-12-9(6-16-11)10(14)15/h6-8H,3-5H2,1-2H3,(H,14,15). The molecule has 1 aromatic rings. The van der Waals surface area contributed by atoms with Crippen molar-refractivity contribution in [3.8, 4) is 0 Å². The second-order valence-corrected chi connectivity index (χ2v) is 5.35. The van der Waals surface area contributed by atoms with E-state index >= 15 is 0 Å².